The van der Waals surface area contributed by atoms with Gasteiger partial charge in [0, 0.05) is 44.3 Å². The normalized spacial score (nSPS) is 25.2. The molecule has 1 aliphatic rings. The van der Waals surface area contributed by atoms with Crippen LogP contribution < -0.4 is 5.56 Å². The van der Waals surface area contributed by atoms with Crippen LogP contribution in [-0.2, 0) is 11.3 Å². The summed E-state index contributed by atoms with van der Waals surface area (Å²) < 4.78 is 7.43. The van der Waals surface area contributed by atoms with Crippen LogP contribution >= 0.6 is 11.6 Å². The molecule has 0 bridgehead atoms. The molecule has 0 N–H and O–H groups in total. The molecule has 1 saturated heterocycles. The fraction of sp³-hybridized carbons (Fsp3) is 0.615. The Hall–Kier alpha value is -0.840. The van der Waals surface area contributed by atoms with Crippen molar-refractivity contribution in [2.24, 2.45) is 0 Å². The molecule has 2 atom stereocenters. The number of nitrogens with zero attached hydrogens (tertiary/aromatic N) is 2. The van der Waals surface area contributed by atoms with Crippen LogP contribution in [-0.4, -0.2) is 47.2 Å². The van der Waals surface area contributed by atoms with Gasteiger partial charge in [-0.2, -0.15) is 0 Å². The number of rotatable bonds is 4. The maximum atomic E-state index is 11.6. The number of morpholine rings is 1. The first-order valence-electron chi connectivity index (χ1n) is 6.28. The molecule has 1 aliphatic heterocycles. The van der Waals surface area contributed by atoms with Crippen molar-refractivity contribution in [2.75, 3.05) is 25.5 Å². The number of alkyl halides is 1. The molecule has 2 rings (SSSR count). The highest BCUT2D eigenvalue weighted by atomic mass is 35.5. The lowest BCUT2D eigenvalue weighted by Crippen LogP contribution is -2.48. The second kappa shape index (κ2) is 6.36. The monoisotopic (exact) mass is 270 g/mol. The summed E-state index contributed by atoms with van der Waals surface area (Å²) in [6.07, 6.45) is 2.13. The molecule has 100 valence electrons. The summed E-state index contributed by atoms with van der Waals surface area (Å²) in [4.78, 5) is 13.9. The minimum atomic E-state index is 0.0488. The summed E-state index contributed by atoms with van der Waals surface area (Å²) in [5.41, 5.74) is 0.0488. The minimum absolute atomic E-state index is 0.0488. The van der Waals surface area contributed by atoms with Gasteiger partial charge in [-0.1, -0.05) is 6.07 Å². The second-order valence-corrected chi connectivity index (χ2v) is 5.02. The van der Waals surface area contributed by atoms with E-state index in [9.17, 15) is 4.79 Å². The van der Waals surface area contributed by atoms with E-state index in [2.05, 4.69) is 11.8 Å². The molecule has 1 fully saturated rings. The Bertz CT molecular complexity index is 435. The van der Waals surface area contributed by atoms with Crippen LogP contribution in [0.3, 0.4) is 0 Å². The third-order valence-electron chi connectivity index (χ3n) is 3.13. The number of hydrogen-bond acceptors (Lipinski definition) is 3. The van der Waals surface area contributed by atoms with Gasteiger partial charge < -0.3 is 9.30 Å². The van der Waals surface area contributed by atoms with Gasteiger partial charge in [0.05, 0.1) is 12.2 Å². The number of pyridine rings is 1. The van der Waals surface area contributed by atoms with E-state index in [1.807, 2.05) is 12.3 Å². The highest BCUT2D eigenvalue weighted by Gasteiger charge is 2.24. The van der Waals surface area contributed by atoms with Gasteiger partial charge in [-0.25, -0.2) is 0 Å². The topological polar surface area (TPSA) is 34.5 Å². The summed E-state index contributed by atoms with van der Waals surface area (Å²) in [6.45, 7) is 5.36. The van der Waals surface area contributed by atoms with E-state index in [4.69, 9.17) is 16.3 Å². The van der Waals surface area contributed by atoms with Crippen LogP contribution in [0.4, 0.5) is 0 Å². The largest absolute Gasteiger partial charge is 0.371 e. The number of ether oxygens (including phenoxy) is 1. The molecule has 1 aromatic rings. The number of hydrogen-bond donors (Lipinski definition) is 0. The van der Waals surface area contributed by atoms with E-state index in [0.29, 0.717) is 12.4 Å². The fourth-order valence-electron chi connectivity index (χ4n) is 2.30. The Morgan fingerprint density at radius 1 is 1.39 bits per heavy atom. The van der Waals surface area contributed by atoms with Crippen molar-refractivity contribution in [3.8, 4) is 0 Å². The molecular formula is C13H19ClN2O2. The van der Waals surface area contributed by atoms with Crippen LogP contribution in [0.1, 0.15) is 6.92 Å². The Balaban J connectivity index is 1.90. The van der Waals surface area contributed by atoms with Crippen molar-refractivity contribution < 1.29 is 4.74 Å². The molecule has 0 aromatic carbocycles. The molecule has 4 nitrogen and oxygen atoms in total. The van der Waals surface area contributed by atoms with E-state index in [1.165, 1.54) is 0 Å². The summed E-state index contributed by atoms with van der Waals surface area (Å²) >= 11 is 5.85. The molecule has 0 saturated carbocycles. The third-order valence-corrected chi connectivity index (χ3v) is 3.47. The predicted octanol–water partition coefficient (Wildman–Crippen LogP) is 1.18. The highest BCUT2D eigenvalue weighted by molar-refractivity contribution is 6.18. The van der Waals surface area contributed by atoms with Crippen molar-refractivity contribution in [1.29, 1.82) is 0 Å². The molecule has 0 radical (unpaired) electrons. The average molecular weight is 271 g/mol. The highest BCUT2D eigenvalue weighted by Crippen LogP contribution is 2.12. The van der Waals surface area contributed by atoms with Crippen LogP contribution in [0.15, 0.2) is 29.2 Å². The Kier molecular flexibility index (Phi) is 4.80. The lowest BCUT2D eigenvalue weighted by atomic mass is 10.2. The van der Waals surface area contributed by atoms with Gasteiger partial charge in [-0.3, -0.25) is 9.69 Å². The molecular weight excluding hydrogens is 252 g/mol. The van der Waals surface area contributed by atoms with Crippen LogP contribution in [0.25, 0.3) is 0 Å². The molecule has 5 heteroatoms. The van der Waals surface area contributed by atoms with Crippen LogP contribution in [0, 0.1) is 0 Å². The first-order valence-corrected chi connectivity index (χ1v) is 6.81. The Labute approximate surface area is 112 Å². The summed E-state index contributed by atoms with van der Waals surface area (Å²) in [5.74, 6) is 0.520. The summed E-state index contributed by atoms with van der Waals surface area (Å²) in [5, 5.41) is 0. The maximum absolute atomic E-state index is 11.6. The van der Waals surface area contributed by atoms with E-state index in [0.717, 1.165) is 19.6 Å². The van der Waals surface area contributed by atoms with Gasteiger partial charge >= 0.3 is 0 Å². The van der Waals surface area contributed by atoms with Crippen molar-refractivity contribution in [3.05, 3.63) is 34.7 Å². The average Bonchev–Trinajstić information content (AvgIpc) is 2.37. The zero-order valence-corrected chi connectivity index (χ0v) is 11.3. The van der Waals surface area contributed by atoms with Gasteiger partial charge in [-0.15, -0.1) is 11.6 Å². The third kappa shape index (κ3) is 3.57. The van der Waals surface area contributed by atoms with Crippen LogP contribution in [0.2, 0.25) is 0 Å². The van der Waals surface area contributed by atoms with Crippen molar-refractivity contribution in [3.63, 3.8) is 0 Å². The molecule has 0 spiro atoms. The standard InChI is InChI=1S/C13H19ClN2O2/c1-11-9-15(10-12(8-14)18-11)6-7-16-5-3-2-4-13(16)17/h2-5,11-12H,6-10H2,1H3. The molecule has 2 unspecified atom stereocenters. The molecule has 18 heavy (non-hydrogen) atoms. The van der Waals surface area contributed by atoms with Crippen molar-refractivity contribution in [1.82, 2.24) is 9.47 Å². The molecule has 1 aromatic heterocycles. The predicted molar refractivity (Wildman–Crippen MR) is 72.2 cm³/mol. The summed E-state index contributed by atoms with van der Waals surface area (Å²) in [7, 11) is 0. The number of halogens is 1. The smallest absolute Gasteiger partial charge is 0.250 e. The van der Waals surface area contributed by atoms with E-state index in [-0.39, 0.29) is 17.8 Å². The van der Waals surface area contributed by atoms with Crippen molar-refractivity contribution in [2.45, 2.75) is 25.7 Å². The first kappa shape index (κ1) is 13.6. The van der Waals surface area contributed by atoms with E-state index >= 15 is 0 Å². The van der Waals surface area contributed by atoms with E-state index in [1.54, 1.807) is 16.7 Å². The second-order valence-electron chi connectivity index (χ2n) is 4.71. The maximum Gasteiger partial charge on any atom is 0.250 e. The molecule has 2 heterocycles. The molecule has 0 amide bonds. The van der Waals surface area contributed by atoms with Crippen LogP contribution in [0.5, 0.6) is 0 Å². The SMILES string of the molecule is CC1CN(CCn2ccccc2=O)CC(CCl)O1. The quantitative estimate of drug-likeness (QED) is 0.771. The zero-order chi connectivity index (χ0) is 13.0. The van der Waals surface area contributed by atoms with Gasteiger partial charge in [0.25, 0.3) is 5.56 Å². The molecule has 0 aliphatic carbocycles. The minimum Gasteiger partial charge on any atom is -0.371 e. The van der Waals surface area contributed by atoms with Gasteiger partial charge in [0.15, 0.2) is 0 Å². The lowest BCUT2D eigenvalue weighted by Gasteiger charge is -2.36. The summed E-state index contributed by atoms with van der Waals surface area (Å²) in [6, 6.07) is 5.23. The van der Waals surface area contributed by atoms with Gasteiger partial charge in [0.1, 0.15) is 0 Å². The van der Waals surface area contributed by atoms with Gasteiger partial charge in [-0.05, 0) is 13.0 Å². The zero-order valence-electron chi connectivity index (χ0n) is 10.6. The Morgan fingerprint density at radius 3 is 2.94 bits per heavy atom. The van der Waals surface area contributed by atoms with Crippen molar-refractivity contribution >= 4 is 11.6 Å². The fourth-order valence-corrected chi connectivity index (χ4v) is 2.47. The number of aromatic nitrogens is 1. The van der Waals surface area contributed by atoms with E-state index < -0.39 is 0 Å². The first-order chi connectivity index (χ1) is 8.69. The van der Waals surface area contributed by atoms with Gasteiger partial charge in [0.2, 0.25) is 0 Å². The Morgan fingerprint density at radius 2 is 2.22 bits per heavy atom. The lowest BCUT2D eigenvalue weighted by molar-refractivity contribution is -0.0670.